The van der Waals surface area contributed by atoms with E-state index in [9.17, 15) is 0 Å². The van der Waals surface area contributed by atoms with Crippen LogP contribution in [0, 0.1) is 0 Å². The number of nitrogens with two attached hydrogens (primary N) is 1. The minimum absolute atomic E-state index is 0.173. The second-order valence-electron chi connectivity index (χ2n) is 3.27. The minimum Gasteiger partial charge on any atom is -0.379 e. The van der Waals surface area contributed by atoms with E-state index in [0.717, 1.165) is 13.1 Å². The zero-order chi connectivity index (χ0) is 9.56. The van der Waals surface area contributed by atoms with Crippen molar-refractivity contribution in [1.82, 2.24) is 4.90 Å². The van der Waals surface area contributed by atoms with Gasteiger partial charge in [0.2, 0.25) is 0 Å². The Balaban J connectivity index is 3.82. The van der Waals surface area contributed by atoms with Crippen molar-refractivity contribution in [1.29, 1.82) is 0 Å². The first-order valence-corrected chi connectivity index (χ1v) is 4.62. The number of ether oxygens (including phenoxy) is 1. The zero-order valence-electron chi connectivity index (χ0n) is 8.71. The molecule has 0 aliphatic carbocycles. The third-order valence-electron chi connectivity index (χ3n) is 2.17. The van der Waals surface area contributed by atoms with E-state index >= 15 is 0 Å². The highest BCUT2D eigenvalue weighted by atomic mass is 16.5. The second-order valence-corrected chi connectivity index (χ2v) is 3.27. The quantitative estimate of drug-likeness (QED) is 0.644. The van der Waals surface area contributed by atoms with Crippen LogP contribution in [0.4, 0.5) is 0 Å². The molecule has 74 valence electrons. The van der Waals surface area contributed by atoms with E-state index in [1.165, 1.54) is 0 Å². The number of hydrogen-bond donors (Lipinski definition) is 1. The summed E-state index contributed by atoms with van der Waals surface area (Å²) in [7, 11) is 1.71. The SMILES string of the molecule is CCN(CC(CN)OC)C(C)C. The summed E-state index contributed by atoms with van der Waals surface area (Å²) in [6.45, 7) is 9.11. The monoisotopic (exact) mass is 174 g/mol. The Labute approximate surface area is 75.9 Å². The molecule has 0 aromatic rings. The lowest BCUT2D eigenvalue weighted by Crippen LogP contribution is -2.41. The van der Waals surface area contributed by atoms with Crippen LogP contribution in [-0.4, -0.2) is 43.8 Å². The lowest BCUT2D eigenvalue weighted by molar-refractivity contribution is 0.0613. The molecule has 0 heterocycles. The van der Waals surface area contributed by atoms with E-state index < -0.39 is 0 Å². The van der Waals surface area contributed by atoms with Crippen LogP contribution in [0.3, 0.4) is 0 Å². The van der Waals surface area contributed by atoms with Gasteiger partial charge in [-0.2, -0.15) is 0 Å². The third-order valence-corrected chi connectivity index (χ3v) is 2.17. The fourth-order valence-corrected chi connectivity index (χ4v) is 1.21. The summed E-state index contributed by atoms with van der Waals surface area (Å²) in [5.41, 5.74) is 5.53. The molecule has 12 heavy (non-hydrogen) atoms. The molecule has 0 radical (unpaired) electrons. The Morgan fingerprint density at radius 1 is 1.42 bits per heavy atom. The predicted octanol–water partition coefficient (Wildman–Crippen LogP) is 0.690. The maximum atomic E-state index is 5.53. The molecule has 0 aromatic heterocycles. The third kappa shape index (κ3) is 4.04. The highest BCUT2D eigenvalue weighted by Gasteiger charge is 2.12. The van der Waals surface area contributed by atoms with Crippen LogP contribution < -0.4 is 5.73 Å². The average molecular weight is 174 g/mol. The number of rotatable bonds is 6. The number of methoxy groups -OCH3 is 1. The zero-order valence-corrected chi connectivity index (χ0v) is 8.71. The summed E-state index contributed by atoms with van der Waals surface area (Å²) in [6, 6.07) is 0.569. The van der Waals surface area contributed by atoms with Gasteiger partial charge in [0.15, 0.2) is 0 Å². The summed E-state index contributed by atoms with van der Waals surface area (Å²) in [4.78, 5) is 2.35. The molecule has 0 aliphatic rings. The molecular formula is C9H22N2O. The maximum absolute atomic E-state index is 5.53. The van der Waals surface area contributed by atoms with Gasteiger partial charge in [-0.1, -0.05) is 6.92 Å². The molecule has 0 spiro atoms. The van der Waals surface area contributed by atoms with Crippen LogP contribution in [0.25, 0.3) is 0 Å². The Morgan fingerprint density at radius 3 is 2.25 bits per heavy atom. The fourth-order valence-electron chi connectivity index (χ4n) is 1.21. The van der Waals surface area contributed by atoms with Crippen LogP contribution in [-0.2, 0) is 4.74 Å². The van der Waals surface area contributed by atoms with Crippen molar-refractivity contribution in [3.8, 4) is 0 Å². The lowest BCUT2D eigenvalue weighted by atomic mass is 10.2. The summed E-state index contributed by atoms with van der Waals surface area (Å²) in [6.07, 6.45) is 0.173. The molecule has 1 atom stereocenters. The molecule has 2 N–H and O–H groups in total. The van der Waals surface area contributed by atoms with Crippen molar-refractivity contribution in [3.63, 3.8) is 0 Å². The molecule has 3 heteroatoms. The smallest absolute Gasteiger partial charge is 0.0820 e. The number of nitrogens with zero attached hydrogens (tertiary/aromatic N) is 1. The van der Waals surface area contributed by atoms with Gasteiger partial charge in [0, 0.05) is 26.2 Å². The van der Waals surface area contributed by atoms with Gasteiger partial charge in [0.25, 0.3) is 0 Å². The maximum Gasteiger partial charge on any atom is 0.0820 e. The van der Waals surface area contributed by atoms with Crippen LogP contribution in [0.5, 0.6) is 0 Å². The van der Waals surface area contributed by atoms with Crippen molar-refractivity contribution in [2.45, 2.75) is 32.9 Å². The molecule has 0 saturated heterocycles. The molecule has 1 unspecified atom stereocenters. The molecule has 0 aliphatic heterocycles. The Bertz CT molecular complexity index is 103. The van der Waals surface area contributed by atoms with Crippen molar-refractivity contribution in [2.75, 3.05) is 26.7 Å². The van der Waals surface area contributed by atoms with E-state index in [4.69, 9.17) is 10.5 Å². The first kappa shape index (κ1) is 11.9. The molecule has 0 amide bonds. The van der Waals surface area contributed by atoms with E-state index in [2.05, 4.69) is 25.7 Å². The van der Waals surface area contributed by atoms with Gasteiger partial charge in [0.1, 0.15) is 0 Å². The first-order chi connectivity index (χ1) is 5.65. The Morgan fingerprint density at radius 2 is 2.00 bits per heavy atom. The summed E-state index contributed by atoms with van der Waals surface area (Å²) >= 11 is 0. The highest BCUT2D eigenvalue weighted by Crippen LogP contribution is 2.00. The molecule has 0 aromatic carbocycles. The second kappa shape index (κ2) is 6.40. The van der Waals surface area contributed by atoms with Crippen molar-refractivity contribution in [3.05, 3.63) is 0 Å². The standard InChI is InChI=1S/C9H22N2O/c1-5-11(8(2)3)7-9(6-10)12-4/h8-9H,5-7,10H2,1-4H3. The molecule has 0 fully saturated rings. The van der Waals surface area contributed by atoms with Crippen molar-refractivity contribution < 1.29 is 4.74 Å². The first-order valence-electron chi connectivity index (χ1n) is 4.62. The van der Waals surface area contributed by atoms with Gasteiger partial charge in [-0.3, -0.25) is 4.90 Å². The lowest BCUT2D eigenvalue weighted by Gasteiger charge is -2.28. The van der Waals surface area contributed by atoms with E-state index in [-0.39, 0.29) is 6.10 Å². The number of likely N-dealkylation sites (N-methyl/N-ethyl adjacent to an activating group) is 1. The van der Waals surface area contributed by atoms with Gasteiger partial charge in [-0.05, 0) is 20.4 Å². The molecule has 3 nitrogen and oxygen atoms in total. The minimum atomic E-state index is 0.173. The highest BCUT2D eigenvalue weighted by molar-refractivity contribution is 4.68. The van der Waals surface area contributed by atoms with Crippen molar-refractivity contribution >= 4 is 0 Å². The van der Waals surface area contributed by atoms with E-state index in [0.29, 0.717) is 12.6 Å². The van der Waals surface area contributed by atoms with E-state index in [1.54, 1.807) is 7.11 Å². The number of hydrogen-bond acceptors (Lipinski definition) is 3. The molecule has 0 rings (SSSR count). The van der Waals surface area contributed by atoms with Crippen LogP contribution in [0.15, 0.2) is 0 Å². The van der Waals surface area contributed by atoms with Crippen LogP contribution in [0.1, 0.15) is 20.8 Å². The normalized spacial score (nSPS) is 14.2. The Hall–Kier alpha value is -0.120. The van der Waals surface area contributed by atoms with Crippen molar-refractivity contribution in [2.24, 2.45) is 5.73 Å². The van der Waals surface area contributed by atoms with Gasteiger partial charge in [-0.25, -0.2) is 0 Å². The Kier molecular flexibility index (Phi) is 6.34. The van der Waals surface area contributed by atoms with Gasteiger partial charge in [0.05, 0.1) is 6.10 Å². The van der Waals surface area contributed by atoms with Gasteiger partial charge in [-0.15, -0.1) is 0 Å². The average Bonchev–Trinajstić information content (AvgIpc) is 2.06. The molecule has 0 saturated carbocycles. The van der Waals surface area contributed by atoms with E-state index in [1.807, 2.05) is 0 Å². The summed E-state index contributed by atoms with van der Waals surface area (Å²) in [5, 5.41) is 0. The largest absolute Gasteiger partial charge is 0.379 e. The van der Waals surface area contributed by atoms with Crippen LogP contribution >= 0.6 is 0 Å². The summed E-state index contributed by atoms with van der Waals surface area (Å²) in [5.74, 6) is 0. The molecular weight excluding hydrogens is 152 g/mol. The summed E-state index contributed by atoms with van der Waals surface area (Å²) < 4.78 is 5.22. The van der Waals surface area contributed by atoms with Gasteiger partial charge >= 0.3 is 0 Å². The predicted molar refractivity (Wildman–Crippen MR) is 52.2 cm³/mol. The topological polar surface area (TPSA) is 38.5 Å². The fraction of sp³-hybridized carbons (Fsp3) is 1.00. The van der Waals surface area contributed by atoms with Gasteiger partial charge < -0.3 is 10.5 Å². The van der Waals surface area contributed by atoms with Crippen LogP contribution in [0.2, 0.25) is 0 Å². The molecule has 0 bridgehead atoms.